The smallest absolute Gasteiger partial charge is 0.148 e. The van der Waals surface area contributed by atoms with Crippen molar-refractivity contribution >= 4 is 11.4 Å². The van der Waals surface area contributed by atoms with Gasteiger partial charge in [-0.3, -0.25) is 0 Å². The van der Waals surface area contributed by atoms with Gasteiger partial charge < -0.3 is 20.7 Å². The third-order valence-corrected chi connectivity index (χ3v) is 3.77. The van der Waals surface area contributed by atoms with Crippen molar-refractivity contribution in [1.29, 1.82) is 0 Å². The zero-order chi connectivity index (χ0) is 14.0. The summed E-state index contributed by atoms with van der Waals surface area (Å²) in [6, 6.07) is 3.22. The van der Waals surface area contributed by atoms with Crippen LogP contribution in [0.4, 0.5) is 15.8 Å². The second-order valence-electron chi connectivity index (χ2n) is 5.35. The standard InChI is InChI=1S/C14H22FN3O/c1-9-8-18(2)5-4-12(9)17-13-7-14(19-3)11(16)6-10(13)15/h6-7,9,12,17H,4-5,8,16H2,1-3H3. The van der Waals surface area contributed by atoms with Crippen molar-refractivity contribution in [2.75, 3.05) is 38.3 Å². The van der Waals surface area contributed by atoms with Gasteiger partial charge in [-0.15, -0.1) is 0 Å². The molecule has 1 heterocycles. The number of piperidine rings is 1. The summed E-state index contributed by atoms with van der Waals surface area (Å²) in [7, 11) is 3.64. The Bertz CT molecular complexity index is 453. The Morgan fingerprint density at radius 1 is 1.47 bits per heavy atom. The SMILES string of the molecule is COc1cc(NC2CCN(C)CC2C)c(F)cc1N. The maximum absolute atomic E-state index is 13.9. The van der Waals surface area contributed by atoms with Crippen LogP contribution in [0, 0.1) is 11.7 Å². The lowest BCUT2D eigenvalue weighted by Gasteiger charge is -2.35. The van der Waals surface area contributed by atoms with E-state index in [4.69, 9.17) is 10.5 Å². The van der Waals surface area contributed by atoms with Gasteiger partial charge in [0.05, 0.1) is 18.5 Å². The van der Waals surface area contributed by atoms with Crippen LogP contribution in [-0.2, 0) is 0 Å². The largest absolute Gasteiger partial charge is 0.495 e. The topological polar surface area (TPSA) is 50.5 Å². The first kappa shape index (κ1) is 13.9. The number of likely N-dealkylation sites (tertiary alicyclic amines) is 1. The molecule has 1 fully saturated rings. The van der Waals surface area contributed by atoms with E-state index in [1.807, 2.05) is 0 Å². The predicted octanol–water partition coefficient (Wildman–Crippen LogP) is 2.17. The summed E-state index contributed by atoms with van der Waals surface area (Å²) in [5.74, 6) is 0.649. The molecule has 5 heteroatoms. The molecule has 1 saturated heterocycles. The van der Waals surface area contributed by atoms with Gasteiger partial charge in [0.15, 0.2) is 0 Å². The maximum atomic E-state index is 13.9. The van der Waals surface area contributed by atoms with E-state index < -0.39 is 0 Å². The fraction of sp³-hybridized carbons (Fsp3) is 0.571. The molecule has 3 N–H and O–H groups in total. The normalized spacial score (nSPS) is 24.2. The number of benzene rings is 1. The Morgan fingerprint density at radius 2 is 2.21 bits per heavy atom. The molecule has 0 aliphatic carbocycles. The molecule has 0 radical (unpaired) electrons. The fourth-order valence-corrected chi connectivity index (χ4v) is 2.62. The third-order valence-electron chi connectivity index (χ3n) is 3.77. The van der Waals surface area contributed by atoms with Crippen LogP contribution in [0.1, 0.15) is 13.3 Å². The maximum Gasteiger partial charge on any atom is 0.148 e. The molecule has 2 unspecified atom stereocenters. The minimum Gasteiger partial charge on any atom is -0.495 e. The second-order valence-corrected chi connectivity index (χ2v) is 5.35. The summed E-state index contributed by atoms with van der Waals surface area (Å²) in [6.07, 6.45) is 1.00. The van der Waals surface area contributed by atoms with E-state index in [2.05, 4.69) is 24.2 Å². The molecular formula is C14H22FN3O. The molecule has 0 amide bonds. The number of nitrogen functional groups attached to an aromatic ring is 1. The lowest BCUT2D eigenvalue weighted by Crippen LogP contribution is -2.43. The molecule has 0 spiro atoms. The predicted molar refractivity (Wildman–Crippen MR) is 76.1 cm³/mol. The van der Waals surface area contributed by atoms with Gasteiger partial charge in [0.2, 0.25) is 0 Å². The molecule has 0 aromatic heterocycles. The molecule has 2 atom stereocenters. The number of hydrogen-bond donors (Lipinski definition) is 2. The number of rotatable bonds is 3. The van der Waals surface area contributed by atoms with Crippen LogP contribution in [0.3, 0.4) is 0 Å². The van der Waals surface area contributed by atoms with Gasteiger partial charge in [0, 0.05) is 24.7 Å². The van der Waals surface area contributed by atoms with Crippen LogP contribution in [-0.4, -0.2) is 38.2 Å². The first-order valence-corrected chi connectivity index (χ1v) is 6.59. The Labute approximate surface area is 113 Å². The van der Waals surface area contributed by atoms with Gasteiger partial charge in [-0.2, -0.15) is 0 Å². The summed E-state index contributed by atoms with van der Waals surface area (Å²) >= 11 is 0. The molecule has 4 nitrogen and oxygen atoms in total. The zero-order valence-corrected chi connectivity index (χ0v) is 11.7. The number of methoxy groups -OCH3 is 1. The highest BCUT2D eigenvalue weighted by Crippen LogP contribution is 2.30. The van der Waals surface area contributed by atoms with Crippen LogP contribution < -0.4 is 15.8 Å². The first-order valence-electron chi connectivity index (χ1n) is 6.59. The van der Waals surface area contributed by atoms with Gasteiger partial charge >= 0.3 is 0 Å². The summed E-state index contributed by atoms with van der Waals surface area (Å²) in [5.41, 5.74) is 6.47. The van der Waals surface area contributed by atoms with Gasteiger partial charge in [-0.05, 0) is 25.9 Å². The van der Waals surface area contributed by atoms with E-state index in [9.17, 15) is 4.39 Å². The molecule has 1 aliphatic rings. The Kier molecular flexibility index (Phi) is 4.14. The van der Waals surface area contributed by atoms with Gasteiger partial charge in [0.25, 0.3) is 0 Å². The van der Waals surface area contributed by atoms with Crippen molar-refractivity contribution in [2.45, 2.75) is 19.4 Å². The quantitative estimate of drug-likeness (QED) is 0.824. The fourth-order valence-electron chi connectivity index (χ4n) is 2.62. The number of anilines is 2. The highest BCUT2D eigenvalue weighted by atomic mass is 19.1. The highest BCUT2D eigenvalue weighted by Gasteiger charge is 2.25. The number of nitrogens with one attached hydrogen (secondary N) is 1. The molecule has 1 aromatic carbocycles. The molecule has 2 rings (SSSR count). The molecule has 1 aliphatic heterocycles. The van der Waals surface area contributed by atoms with Crippen molar-refractivity contribution < 1.29 is 9.13 Å². The first-order chi connectivity index (χ1) is 9.01. The number of nitrogens with zero attached hydrogens (tertiary/aromatic N) is 1. The Morgan fingerprint density at radius 3 is 2.84 bits per heavy atom. The van der Waals surface area contributed by atoms with Crippen LogP contribution in [0.5, 0.6) is 5.75 Å². The number of halogens is 1. The summed E-state index contributed by atoms with van der Waals surface area (Å²) < 4.78 is 19.1. The number of ether oxygens (including phenoxy) is 1. The van der Waals surface area contributed by atoms with Gasteiger partial charge in [0.1, 0.15) is 11.6 Å². The van der Waals surface area contributed by atoms with E-state index in [0.29, 0.717) is 23.0 Å². The average molecular weight is 267 g/mol. The van der Waals surface area contributed by atoms with Crippen LogP contribution in [0.2, 0.25) is 0 Å². The lowest BCUT2D eigenvalue weighted by atomic mass is 9.94. The molecule has 0 saturated carbocycles. The van der Waals surface area contributed by atoms with E-state index >= 15 is 0 Å². The Balaban J connectivity index is 2.14. The van der Waals surface area contributed by atoms with Crippen molar-refractivity contribution in [2.24, 2.45) is 5.92 Å². The van der Waals surface area contributed by atoms with Gasteiger partial charge in [-0.25, -0.2) is 4.39 Å². The summed E-state index contributed by atoms with van der Waals surface area (Å²) in [6.45, 7) is 4.22. The minimum absolute atomic E-state index is 0.277. The summed E-state index contributed by atoms with van der Waals surface area (Å²) in [4.78, 5) is 2.29. The second kappa shape index (κ2) is 5.65. The van der Waals surface area contributed by atoms with E-state index in [1.165, 1.54) is 13.2 Å². The van der Waals surface area contributed by atoms with Crippen molar-refractivity contribution in [1.82, 2.24) is 4.90 Å². The van der Waals surface area contributed by atoms with E-state index in [-0.39, 0.29) is 11.9 Å². The molecule has 1 aromatic rings. The molecule has 106 valence electrons. The highest BCUT2D eigenvalue weighted by molar-refractivity contribution is 5.62. The monoisotopic (exact) mass is 267 g/mol. The summed E-state index contributed by atoms with van der Waals surface area (Å²) in [5, 5.41) is 3.28. The number of hydrogen-bond acceptors (Lipinski definition) is 4. The number of nitrogens with two attached hydrogens (primary N) is 1. The third kappa shape index (κ3) is 3.10. The zero-order valence-electron chi connectivity index (χ0n) is 11.7. The van der Waals surface area contributed by atoms with E-state index in [0.717, 1.165) is 19.5 Å². The lowest BCUT2D eigenvalue weighted by molar-refractivity contribution is 0.206. The molecule has 19 heavy (non-hydrogen) atoms. The average Bonchev–Trinajstić information content (AvgIpc) is 2.35. The van der Waals surface area contributed by atoms with Crippen molar-refractivity contribution in [3.63, 3.8) is 0 Å². The van der Waals surface area contributed by atoms with Gasteiger partial charge in [-0.1, -0.05) is 6.92 Å². The van der Waals surface area contributed by atoms with E-state index in [1.54, 1.807) is 6.07 Å². The molecule has 0 bridgehead atoms. The molecular weight excluding hydrogens is 245 g/mol. The van der Waals surface area contributed by atoms with Crippen molar-refractivity contribution in [3.05, 3.63) is 17.9 Å². The van der Waals surface area contributed by atoms with Crippen LogP contribution in [0.25, 0.3) is 0 Å². The van der Waals surface area contributed by atoms with Crippen LogP contribution in [0.15, 0.2) is 12.1 Å². The van der Waals surface area contributed by atoms with Crippen LogP contribution >= 0.6 is 0 Å². The Hall–Kier alpha value is -1.49. The van der Waals surface area contributed by atoms with Crippen molar-refractivity contribution in [3.8, 4) is 5.75 Å². The minimum atomic E-state index is -0.329.